The Labute approximate surface area is 122 Å². The summed E-state index contributed by atoms with van der Waals surface area (Å²) in [4.78, 5) is 14.0. The number of likely N-dealkylation sites (tertiary alicyclic amines) is 1. The van der Waals surface area contributed by atoms with Gasteiger partial charge in [-0.25, -0.2) is 4.39 Å². The van der Waals surface area contributed by atoms with Crippen LogP contribution in [-0.4, -0.2) is 35.1 Å². The van der Waals surface area contributed by atoms with E-state index < -0.39 is 5.82 Å². The van der Waals surface area contributed by atoms with Gasteiger partial charge in [0, 0.05) is 18.1 Å². The third-order valence-electron chi connectivity index (χ3n) is 4.83. The average Bonchev–Trinajstić information content (AvgIpc) is 2.47. The number of amides is 1. The first-order valence-electron chi connectivity index (χ1n) is 6.94. The van der Waals surface area contributed by atoms with Crippen LogP contribution < -0.4 is 0 Å². The second-order valence-corrected chi connectivity index (χ2v) is 6.27. The standard InChI is InChI=1S/C15H17ClFNO2/c16-10-1-2-12(17)11(9-10)14(20)18-7-5-15(6-8-18)4-3-13(15)19/h1-2,9,13,19H,3-8H2. The van der Waals surface area contributed by atoms with Gasteiger partial charge < -0.3 is 10.0 Å². The van der Waals surface area contributed by atoms with E-state index in [4.69, 9.17) is 11.6 Å². The summed E-state index contributed by atoms with van der Waals surface area (Å²) in [6.45, 7) is 1.14. The van der Waals surface area contributed by atoms with E-state index in [0.717, 1.165) is 25.7 Å². The number of hydrogen-bond donors (Lipinski definition) is 1. The Hall–Kier alpha value is -1.13. The molecule has 1 aliphatic carbocycles. The van der Waals surface area contributed by atoms with Crippen LogP contribution in [0.3, 0.4) is 0 Å². The first-order chi connectivity index (χ1) is 9.52. The van der Waals surface area contributed by atoms with E-state index >= 15 is 0 Å². The minimum Gasteiger partial charge on any atom is -0.393 e. The molecule has 1 amide bonds. The minimum atomic E-state index is -0.539. The number of nitrogens with zero attached hydrogens (tertiary/aromatic N) is 1. The normalized spacial score (nSPS) is 24.6. The molecule has 1 saturated carbocycles. The van der Waals surface area contributed by atoms with Gasteiger partial charge in [0.1, 0.15) is 5.82 Å². The number of carbonyl (C=O) groups excluding carboxylic acids is 1. The van der Waals surface area contributed by atoms with Gasteiger partial charge >= 0.3 is 0 Å². The summed E-state index contributed by atoms with van der Waals surface area (Å²) in [6, 6.07) is 4.03. The Bertz CT molecular complexity index is 541. The molecule has 0 radical (unpaired) electrons. The van der Waals surface area contributed by atoms with E-state index in [9.17, 15) is 14.3 Å². The van der Waals surface area contributed by atoms with Crippen molar-refractivity contribution in [3.8, 4) is 0 Å². The van der Waals surface area contributed by atoms with Crippen LogP contribution in [0.2, 0.25) is 5.02 Å². The molecule has 108 valence electrons. The summed E-state index contributed by atoms with van der Waals surface area (Å²) in [6.07, 6.45) is 3.24. The highest BCUT2D eigenvalue weighted by Gasteiger charge is 2.47. The molecule has 0 bridgehead atoms. The van der Waals surface area contributed by atoms with Crippen LogP contribution in [0.4, 0.5) is 4.39 Å². The highest BCUT2D eigenvalue weighted by atomic mass is 35.5. The minimum absolute atomic E-state index is 0.00363. The van der Waals surface area contributed by atoms with Crippen molar-refractivity contribution >= 4 is 17.5 Å². The van der Waals surface area contributed by atoms with Crippen LogP contribution in [0.15, 0.2) is 18.2 Å². The van der Waals surface area contributed by atoms with E-state index in [1.807, 2.05) is 0 Å². The van der Waals surface area contributed by atoms with E-state index in [2.05, 4.69) is 0 Å². The van der Waals surface area contributed by atoms with Gasteiger partial charge in [-0.3, -0.25) is 4.79 Å². The molecule has 1 atom stereocenters. The summed E-state index contributed by atoms with van der Waals surface area (Å²) >= 11 is 5.83. The zero-order valence-electron chi connectivity index (χ0n) is 11.1. The highest BCUT2D eigenvalue weighted by Crippen LogP contribution is 2.49. The molecule has 1 saturated heterocycles. The first kappa shape index (κ1) is 13.8. The smallest absolute Gasteiger partial charge is 0.256 e. The van der Waals surface area contributed by atoms with Crippen molar-refractivity contribution in [2.24, 2.45) is 5.41 Å². The Morgan fingerprint density at radius 1 is 1.35 bits per heavy atom. The lowest BCUT2D eigenvalue weighted by atomic mass is 9.61. The number of halogens is 2. The quantitative estimate of drug-likeness (QED) is 0.866. The Balaban J connectivity index is 1.71. The summed E-state index contributed by atoms with van der Waals surface area (Å²) in [5.74, 6) is -0.850. The lowest BCUT2D eigenvalue weighted by Crippen LogP contribution is -2.53. The molecule has 1 unspecified atom stereocenters. The van der Waals surface area contributed by atoms with Gasteiger partial charge in [-0.1, -0.05) is 11.6 Å². The Kier molecular flexibility index (Phi) is 3.46. The van der Waals surface area contributed by atoms with Crippen molar-refractivity contribution in [2.45, 2.75) is 31.8 Å². The van der Waals surface area contributed by atoms with Crippen molar-refractivity contribution < 1.29 is 14.3 Å². The number of piperidine rings is 1. The molecule has 2 aliphatic rings. The van der Waals surface area contributed by atoms with Gasteiger partial charge in [-0.05, 0) is 49.3 Å². The van der Waals surface area contributed by atoms with Crippen molar-refractivity contribution in [3.63, 3.8) is 0 Å². The number of carbonyl (C=O) groups is 1. The molecular formula is C15H17ClFNO2. The van der Waals surface area contributed by atoms with Crippen LogP contribution in [0.25, 0.3) is 0 Å². The maximum atomic E-state index is 13.7. The van der Waals surface area contributed by atoms with E-state index in [1.54, 1.807) is 4.90 Å². The lowest BCUT2D eigenvalue weighted by molar-refractivity contribution is -0.0952. The molecule has 1 aromatic carbocycles. The van der Waals surface area contributed by atoms with Gasteiger partial charge in [0.2, 0.25) is 0 Å². The van der Waals surface area contributed by atoms with Crippen molar-refractivity contribution in [1.82, 2.24) is 4.90 Å². The molecule has 1 heterocycles. The van der Waals surface area contributed by atoms with Gasteiger partial charge in [-0.15, -0.1) is 0 Å². The van der Waals surface area contributed by atoms with Crippen LogP contribution >= 0.6 is 11.6 Å². The molecule has 2 fully saturated rings. The van der Waals surface area contributed by atoms with E-state index in [0.29, 0.717) is 18.1 Å². The number of hydrogen-bond acceptors (Lipinski definition) is 2. The molecule has 20 heavy (non-hydrogen) atoms. The fourth-order valence-electron chi connectivity index (χ4n) is 3.25. The molecule has 1 aliphatic heterocycles. The SMILES string of the molecule is O=C(c1cc(Cl)ccc1F)N1CCC2(CCC2O)CC1. The highest BCUT2D eigenvalue weighted by molar-refractivity contribution is 6.31. The summed E-state index contributed by atoms with van der Waals surface area (Å²) in [5.41, 5.74) is 0.0338. The summed E-state index contributed by atoms with van der Waals surface area (Å²) in [7, 11) is 0. The maximum Gasteiger partial charge on any atom is 0.256 e. The predicted octanol–water partition coefficient (Wildman–Crippen LogP) is 2.86. The van der Waals surface area contributed by atoms with Crippen LogP contribution in [0, 0.1) is 11.2 Å². The molecule has 0 aromatic heterocycles. The second-order valence-electron chi connectivity index (χ2n) is 5.83. The van der Waals surface area contributed by atoms with Gasteiger partial charge in [-0.2, -0.15) is 0 Å². The zero-order chi connectivity index (χ0) is 14.3. The number of benzene rings is 1. The molecule has 3 rings (SSSR count). The molecule has 1 spiro atoms. The molecule has 1 N–H and O–H groups in total. The molecule has 3 nitrogen and oxygen atoms in total. The topological polar surface area (TPSA) is 40.5 Å². The largest absolute Gasteiger partial charge is 0.393 e. The van der Waals surface area contributed by atoms with Crippen molar-refractivity contribution in [1.29, 1.82) is 0 Å². The average molecular weight is 298 g/mol. The molecule has 1 aromatic rings. The third-order valence-corrected chi connectivity index (χ3v) is 5.06. The van der Waals surface area contributed by atoms with Gasteiger partial charge in [0.15, 0.2) is 0 Å². The van der Waals surface area contributed by atoms with Crippen LogP contribution in [-0.2, 0) is 0 Å². The maximum absolute atomic E-state index is 13.7. The molecule has 5 heteroatoms. The van der Waals surface area contributed by atoms with Crippen molar-refractivity contribution in [3.05, 3.63) is 34.6 Å². The Morgan fingerprint density at radius 2 is 2.05 bits per heavy atom. The predicted molar refractivity (Wildman–Crippen MR) is 74.2 cm³/mol. The number of aliphatic hydroxyl groups is 1. The zero-order valence-corrected chi connectivity index (χ0v) is 11.9. The monoisotopic (exact) mass is 297 g/mol. The lowest BCUT2D eigenvalue weighted by Gasteiger charge is -2.51. The summed E-state index contributed by atoms with van der Waals surface area (Å²) in [5, 5.41) is 10.2. The summed E-state index contributed by atoms with van der Waals surface area (Å²) < 4.78 is 13.7. The van der Waals surface area contributed by atoms with E-state index in [-0.39, 0.29) is 23.0 Å². The fourth-order valence-corrected chi connectivity index (χ4v) is 3.42. The third kappa shape index (κ3) is 2.21. The van der Waals surface area contributed by atoms with Crippen LogP contribution in [0.5, 0.6) is 0 Å². The fraction of sp³-hybridized carbons (Fsp3) is 0.533. The van der Waals surface area contributed by atoms with Gasteiger partial charge in [0.05, 0.1) is 11.7 Å². The van der Waals surface area contributed by atoms with Crippen LogP contribution in [0.1, 0.15) is 36.0 Å². The molecular weight excluding hydrogens is 281 g/mol. The van der Waals surface area contributed by atoms with E-state index in [1.165, 1.54) is 18.2 Å². The first-order valence-corrected chi connectivity index (χ1v) is 7.32. The Morgan fingerprint density at radius 3 is 2.60 bits per heavy atom. The van der Waals surface area contributed by atoms with Gasteiger partial charge in [0.25, 0.3) is 5.91 Å². The van der Waals surface area contributed by atoms with Crippen molar-refractivity contribution in [2.75, 3.05) is 13.1 Å². The number of rotatable bonds is 1. The number of aliphatic hydroxyl groups excluding tert-OH is 1. The second kappa shape index (κ2) is 5.01.